The molecule has 88 valence electrons. The largest absolute Gasteiger partial charge is 0.375 e. The van der Waals surface area contributed by atoms with Crippen molar-refractivity contribution < 1.29 is 4.74 Å². The van der Waals surface area contributed by atoms with Gasteiger partial charge in [0.25, 0.3) is 0 Å². The molecule has 2 aliphatic rings. The van der Waals surface area contributed by atoms with Gasteiger partial charge in [-0.15, -0.1) is 0 Å². The molecule has 1 nitrogen and oxygen atoms in total. The van der Waals surface area contributed by atoms with Gasteiger partial charge >= 0.3 is 0 Å². The standard InChI is InChI=1S/C14H26O/c1-11(13-7-3-4-8-13)15-12(2)14-9-5-6-10-14/h11-14H,3-10H2,1-2H3. The minimum absolute atomic E-state index is 0.503. The summed E-state index contributed by atoms with van der Waals surface area (Å²) in [7, 11) is 0. The lowest BCUT2D eigenvalue weighted by atomic mass is 9.99. The van der Waals surface area contributed by atoms with Gasteiger partial charge in [0.05, 0.1) is 12.2 Å². The minimum atomic E-state index is 0.503. The fourth-order valence-corrected chi connectivity index (χ4v) is 3.41. The Labute approximate surface area is 94.6 Å². The van der Waals surface area contributed by atoms with Crippen LogP contribution in [0.3, 0.4) is 0 Å². The molecule has 2 unspecified atom stereocenters. The van der Waals surface area contributed by atoms with Crippen molar-refractivity contribution in [3.8, 4) is 0 Å². The van der Waals surface area contributed by atoms with Crippen molar-refractivity contribution >= 4 is 0 Å². The van der Waals surface area contributed by atoms with E-state index in [1.807, 2.05) is 0 Å². The molecular formula is C14H26O. The summed E-state index contributed by atoms with van der Waals surface area (Å²) < 4.78 is 6.22. The smallest absolute Gasteiger partial charge is 0.0578 e. The topological polar surface area (TPSA) is 9.23 Å². The molecule has 0 aliphatic heterocycles. The summed E-state index contributed by atoms with van der Waals surface area (Å²) in [5.41, 5.74) is 0. The average molecular weight is 210 g/mol. The highest BCUT2D eigenvalue weighted by molar-refractivity contribution is 4.77. The third-order valence-corrected chi connectivity index (χ3v) is 4.56. The first-order chi connectivity index (χ1) is 7.27. The summed E-state index contributed by atoms with van der Waals surface area (Å²) in [6, 6.07) is 0. The Morgan fingerprint density at radius 1 is 0.733 bits per heavy atom. The Hall–Kier alpha value is -0.0400. The molecular weight excluding hydrogens is 184 g/mol. The maximum Gasteiger partial charge on any atom is 0.0578 e. The SMILES string of the molecule is CC(OC(C)C1CCCC1)C1CCCC1. The zero-order valence-electron chi connectivity index (χ0n) is 10.4. The number of hydrogen-bond acceptors (Lipinski definition) is 1. The fourth-order valence-electron chi connectivity index (χ4n) is 3.41. The molecule has 0 N–H and O–H groups in total. The third kappa shape index (κ3) is 2.96. The van der Waals surface area contributed by atoms with Crippen LogP contribution in [0.2, 0.25) is 0 Å². The van der Waals surface area contributed by atoms with E-state index >= 15 is 0 Å². The van der Waals surface area contributed by atoms with Crippen LogP contribution < -0.4 is 0 Å². The fraction of sp³-hybridized carbons (Fsp3) is 1.00. The first kappa shape index (κ1) is 11.4. The van der Waals surface area contributed by atoms with Gasteiger partial charge in [0.2, 0.25) is 0 Å². The van der Waals surface area contributed by atoms with Gasteiger partial charge in [-0.1, -0.05) is 25.7 Å². The number of hydrogen-bond donors (Lipinski definition) is 0. The molecule has 2 saturated carbocycles. The molecule has 0 heterocycles. The molecule has 15 heavy (non-hydrogen) atoms. The van der Waals surface area contributed by atoms with Crippen LogP contribution in [0.25, 0.3) is 0 Å². The van der Waals surface area contributed by atoms with Gasteiger partial charge in [-0.3, -0.25) is 0 Å². The van der Waals surface area contributed by atoms with Crippen LogP contribution in [-0.4, -0.2) is 12.2 Å². The van der Waals surface area contributed by atoms with E-state index in [1.54, 1.807) is 0 Å². The lowest BCUT2D eigenvalue weighted by molar-refractivity contribution is -0.0479. The van der Waals surface area contributed by atoms with Crippen molar-refractivity contribution in [1.29, 1.82) is 0 Å². The highest BCUT2D eigenvalue weighted by Gasteiger charge is 2.27. The van der Waals surface area contributed by atoms with E-state index in [0.29, 0.717) is 12.2 Å². The second-order valence-corrected chi connectivity index (χ2v) is 5.64. The Morgan fingerprint density at radius 2 is 1.07 bits per heavy atom. The molecule has 0 radical (unpaired) electrons. The van der Waals surface area contributed by atoms with Crippen LogP contribution in [0.15, 0.2) is 0 Å². The average Bonchev–Trinajstić information content (AvgIpc) is 2.91. The van der Waals surface area contributed by atoms with Crippen LogP contribution in [0.4, 0.5) is 0 Å². The van der Waals surface area contributed by atoms with Crippen LogP contribution in [0, 0.1) is 11.8 Å². The zero-order chi connectivity index (χ0) is 10.7. The van der Waals surface area contributed by atoms with Crippen molar-refractivity contribution in [2.75, 3.05) is 0 Å². The summed E-state index contributed by atoms with van der Waals surface area (Å²) in [6.45, 7) is 4.59. The molecule has 0 spiro atoms. The predicted molar refractivity (Wildman–Crippen MR) is 63.9 cm³/mol. The van der Waals surface area contributed by atoms with Crippen molar-refractivity contribution in [3.05, 3.63) is 0 Å². The third-order valence-electron chi connectivity index (χ3n) is 4.56. The minimum Gasteiger partial charge on any atom is -0.375 e. The molecule has 0 bridgehead atoms. The second kappa shape index (κ2) is 5.34. The van der Waals surface area contributed by atoms with Gasteiger partial charge in [0.1, 0.15) is 0 Å². The molecule has 2 rings (SSSR count). The molecule has 2 fully saturated rings. The Bertz CT molecular complexity index is 158. The maximum atomic E-state index is 6.22. The lowest BCUT2D eigenvalue weighted by Crippen LogP contribution is -2.27. The van der Waals surface area contributed by atoms with Crippen molar-refractivity contribution in [2.45, 2.75) is 77.4 Å². The molecule has 0 saturated heterocycles. The molecule has 1 heteroatoms. The zero-order valence-corrected chi connectivity index (χ0v) is 10.4. The van der Waals surface area contributed by atoms with Crippen LogP contribution in [0.5, 0.6) is 0 Å². The first-order valence-electron chi connectivity index (χ1n) is 6.93. The highest BCUT2D eigenvalue weighted by Crippen LogP contribution is 2.33. The van der Waals surface area contributed by atoms with Gasteiger partial charge < -0.3 is 4.74 Å². The van der Waals surface area contributed by atoms with Gasteiger partial charge in [0, 0.05) is 0 Å². The van der Waals surface area contributed by atoms with Crippen molar-refractivity contribution in [3.63, 3.8) is 0 Å². The van der Waals surface area contributed by atoms with Crippen molar-refractivity contribution in [2.24, 2.45) is 11.8 Å². The van der Waals surface area contributed by atoms with E-state index in [1.165, 1.54) is 51.4 Å². The summed E-state index contributed by atoms with van der Waals surface area (Å²) in [6.07, 6.45) is 12.3. The van der Waals surface area contributed by atoms with E-state index in [0.717, 1.165) is 11.8 Å². The van der Waals surface area contributed by atoms with E-state index in [4.69, 9.17) is 4.74 Å². The quantitative estimate of drug-likeness (QED) is 0.677. The summed E-state index contributed by atoms with van der Waals surface area (Å²) >= 11 is 0. The molecule has 0 aromatic rings. The van der Waals surface area contributed by atoms with Crippen LogP contribution in [0.1, 0.15) is 65.2 Å². The van der Waals surface area contributed by atoms with Gasteiger partial charge in [-0.2, -0.15) is 0 Å². The summed E-state index contributed by atoms with van der Waals surface area (Å²) in [4.78, 5) is 0. The number of rotatable bonds is 4. The van der Waals surface area contributed by atoms with E-state index in [9.17, 15) is 0 Å². The van der Waals surface area contributed by atoms with Gasteiger partial charge in [-0.25, -0.2) is 0 Å². The molecule has 0 amide bonds. The Kier molecular flexibility index (Phi) is 4.07. The van der Waals surface area contributed by atoms with Crippen molar-refractivity contribution in [1.82, 2.24) is 0 Å². The van der Waals surface area contributed by atoms with Gasteiger partial charge in [-0.05, 0) is 51.4 Å². The van der Waals surface area contributed by atoms with Gasteiger partial charge in [0.15, 0.2) is 0 Å². The lowest BCUT2D eigenvalue weighted by Gasteiger charge is -2.27. The highest BCUT2D eigenvalue weighted by atomic mass is 16.5. The number of ether oxygens (including phenoxy) is 1. The predicted octanol–water partition coefficient (Wildman–Crippen LogP) is 4.16. The second-order valence-electron chi connectivity index (χ2n) is 5.64. The molecule has 0 aromatic heterocycles. The van der Waals surface area contributed by atoms with E-state index in [-0.39, 0.29) is 0 Å². The normalized spacial score (nSPS) is 28.4. The van der Waals surface area contributed by atoms with E-state index in [2.05, 4.69) is 13.8 Å². The van der Waals surface area contributed by atoms with Crippen LogP contribution >= 0.6 is 0 Å². The molecule has 0 aromatic carbocycles. The summed E-state index contributed by atoms with van der Waals surface area (Å²) in [5, 5.41) is 0. The van der Waals surface area contributed by atoms with E-state index < -0.39 is 0 Å². The maximum absolute atomic E-state index is 6.22. The summed E-state index contributed by atoms with van der Waals surface area (Å²) in [5.74, 6) is 1.71. The molecule has 2 atom stereocenters. The monoisotopic (exact) mass is 210 g/mol. The Morgan fingerprint density at radius 3 is 1.40 bits per heavy atom. The molecule has 2 aliphatic carbocycles. The Balaban J connectivity index is 1.74. The van der Waals surface area contributed by atoms with Crippen LogP contribution in [-0.2, 0) is 4.74 Å². The first-order valence-corrected chi connectivity index (χ1v) is 6.93.